The molecular weight excluding hydrogens is 310 g/mol. The molecule has 1 heterocycles. The molecule has 2 aliphatic rings. The van der Waals surface area contributed by atoms with Crippen LogP contribution in [-0.4, -0.2) is 44.3 Å². The molecule has 0 bridgehead atoms. The second-order valence-corrected chi connectivity index (χ2v) is 6.31. The molecule has 0 saturated carbocycles. The predicted molar refractivity (Wildman–Crippen MR) is 86.8 cm³/mol. The van der Waals surface area contributed by atoms with Gasteiger partial charge < -0.3 is 14.2 Å². The summed E-state index contributed by atoms with van der Waals surface area (Å²) in [5, 5.41) is 0. The fraction of sp³-hybridized carbons (Fsp3) is 0.556. The zero-order chi connectivity index (χ0) is 17.3. The number of rotatable bonds is 2. The van der Waals surface area contributed by atoms with Gasteiger partial charge in [-0.2, -0.15) is 0 Å². The van der Waals surface area contributed by atoms with Gasteiger partial charge in [-0.15, -0.1) is 0 Å². The minimum absolute atomic E-state index is 0.162. The van der Waals surface area contributed by atoms with E-state index in [-0.39, 0.29) is 17.9 Å². The van der Waals surface area contributed by atoms with Crippen LogP contribution >= 0.6 is 0 Å². The molecule has 0 spiro atoms. The molecule has 6 nitrogen and oxygen atoms in total. The Morgan fingerprint density at radius 2 is 1.96 bits per heavy atom. The van der Waals surface area contributed by atoms with E-state index in [1.807, 2.05) is 18.2 Å². The second kappa shape index (κ2) is 6.71. The Labute approximate surface area is 141 Å². The average molecular weight is 333 g/mol. The molecule has 1 aliphatic heterocycles. The maximum absolute atomic E-state index is 12.4. The quantitative estimate of drug-likeness (QED) is 0.779. The number of ether oxygens (including phenoxy) is 3. The molecule has 1 aromatic carbocycles. The summed E-state index contributed by atoms with van der Waals surface area (Å²) in [6.07, 6.45) is 3.05. The van der Waals surface area contributed by atoms with E-state index in [2.05, 4.69) is 0 Å². The number of carbonyl (C=O) groups excluding carboxylic acids is 2. The van der Waals surface area contributed by atoms with Crippen LogP contribution in [0.1, 0.15) is 36.4 Å². The van der Waals surface area contributed by atoms with E-state index in [1.165, 1.54) is 19.8 Å². The standard InChI is InChI=1S/C18H23NO5/c1-22-13-7-8-14-11(9-13)5-4-6-12-10-15(17(20)23-2)19(16(12)14)18(21)24-3/h7-9,12,15-16H,4-6,10H2,1-3H3/t12-,15+,16+/m1/s1. The summed E-state index contributed by atoms with van der Waals surface area (Å²) >= 11 is 0. The van der Waals surface area contributed by atoms with Crippen molar-refractivity contribution in [2.24, 2.45) is 5.92 Å². The Morgan fingerprint density at radius 3 is 2.62 bits per heavy atom. The summed E-state index contributed by atoms with van der Waals surface area (Å²) < 4.78 is 15.2. The first-order valence-electron chi connectivity index (χ1n) is 8.21. The van der Waals surface area contributed by atoms with E-state index in [1.54, 1.807) is 12.0 Å². The van der Waals surface area contributed by atoms with Crippen molar-refractivity contribution in [3.05, 3.63) is 29.3 Å². The summed E-state index contributed by atoms with van der Waals surface area (Å²) in [6, 6.07) is 5.18. The Hall–Kier alpha value is -2.24. The third kappa shape index (κ3) is 2.70. The number of nitrogens with zero attached hydrogens (tertiary/aromatic N) is 1. The number of amides is 1. The minimum Gasteiger partial charge on any atom is -0.497 e. The molecule has 24 heavy (non-hydrogen) atoms. The average Bonchev–Trinajstić information content (AvgIpc) is 2.90. The highest BCUT2D eigenvalue weighted by Gasteiger charge is 2.49. The molecule has 0 N–H and O–H groups in total. The van der Waals surface area contributed by atoms with Gasteiger partial charge in [0.2, 0.25) is 0 Å². The van der Waals surface area contributed by atoms with Crippen molar-refractivity contribution in [3.8, 4) is 5.75 Å². The van der Waals surface area contributed by atoms with Gasteiger partial charge in [0.25, 0.3) is 0 Å². The molecular formula is C18H23NO5. The fourth-order valence-corrected chi connectivity index (χ4v) is 4.09. The molecule has 0 unspecified atom stereocenters. The summed E-state index contributed by atoms with van der Waals surface area (Å²) in [5.74, 6) is 0.644. The molecule has 130 valence electrons. The highest BCUT2D eigenvalue weighted by atomic mass is 16.5. The molecule has 1 aliphatic carbocycles. The lowest BCUT2D eigenvalue weighted by Crippen LogP contribution is -2.42. The summed E-state index contributed by atoms with van der Waals surface area (Å²) in [7, 11) is 4.34. The highest BCUT2D eigenvalue weighted by molar-refractivity contribution is 5.82. The number of esters is 1. The predicted octanol–water partition coefficient (Wildman–Crippen LogP) is 2.70. The molecule has 3 atom stereocenters. The van der Waals surface area contributed by atoms with Crippen molar-refractivity contribution in [2.45, 2.75) is 37.8 Å². The zero-order valence-corrected chi connectivity index (χ0v) is 14.3. The summed E-state index contributed by atoms with van der Waals surface area (Å²) in [6.45, 7) is 0. The van der Waals surface area contributed by atoms with Crippen molar-refractivity contribution in [3.63, 3.8) is 0 Å². The lowest BCUT2D eigenvalue weighted by molar-refractivity contribution is -0.145. The molecule has 3 rings (SSSR count). The molecule has 1 amide bonds. The van der Waals surface area contributed by atoms with Gasteiger partial charge in [0, 0.05) is 0 Å². The molecule has 0 radical (unpaired) electrons. The van der Waals surface area contributed by atoms with Crippen LogP contribution in [0.2, 0.25) is 0 Å². The number of likely N-dealkylation sites (tertiary alicyclic amines) is 1. The second-order valence-electron chi connectivity index (χ2n) is 6.31. The lowest BCUT2D eigenvalue weighted by atomic mass is 9.91. The summed E-state index contributed by atoms with van der Waals surface area (Å²) in [4.78, 5) is 26.2. The van der Waals surface area contributed by atoms with E-state index in [0.29, 0.717) is 6.42 Å². The van der Waals surface area contributed by atoms with Crippen LogP contribution in [0.3, 0.4) is 0 Å². The normalized spacial score (nSPS) is 25.3. The van der Waals surface area contributed by atoms with Gasteiger partial charge in [-0.1, -0.05) is 6.07 Å². The van der Waals surface area contributed by atoms with E-state index in [4.69, 9.17) is 14.2 Å². The van der Waals surface area contributed by atoms with Crippen LogP contribution < -0.4 is 4.74 Å². The minimum atomic E-state index is -0.592. The fourth-order valence-electron chi connectivity index (χ4n) is 4.09. The number of hydrogen-bond donors (Lipinski definition) is 0. The Kier molecular flexibility index (Phi) is 4.64. The third-order valence-corrected chi connectivity index (χ3v) is 5.16. The van der Waals surface area contributed by atoms with Crippen LogP contribution in [0.25, 0.3) is 0 Å². The molecule has 6 heteroatoms. The van der Waals surface area contributed by atoms with E-state index in [0.717, 1.165) is 30.6 Å². The SMILES string of the molecule is COC(=O)[C@@H]1C[C@H]2CCCc3cc(OC)ccc3[C@H]2N1C(=O)OC. The number of aryl methyl sites for hydroxylation is 1. The van der Waals surface area contributed by atoms with Gasteiger partial charge in [-0.3, -0.25) is 4.90 Å². The first-order chi connectivity index (χ1) is 11.6. The number of carbonyl (C=O) groups is 2. The maximum atomic E-state index is 12.4. The van der Waals surface area contributed by atoms with Gasteiger partial charge in [-0.25, -0.2) is 9.59 Å². The van der Waals surface area contributed by atoms with Crippen LogP contribution in [0.15, 0.2) is 18.2 Å². The van der Waals surface area contributed by atoms with Crippen molar-refractivity contribution < 1.29 is 23.8 Å². The first-order valence-corrected chi connectivity index (χ1v) is 8.21. The molecule has 1 saturated heterocycles. The van der Waals surface area contributed by atoms with Gasteiger partial charge in [-0.05, 0) is 54.9 Å². The molecule has 1 fully saturated rings. The molecule has 1 aromatic rings. The lowest BCUT2D eigenvalue weighted by Gasteiger charge is -2.30. The van der Waals surface area contributed by atoms with Crippen molar-refractivity contribution in [1.82, 2.24) is 4.90 Å². The van der Waals surface area contributed by atoms with Crippen LogP contribution in [0.5, 0.6) is 5.75 Å². The van der Waals surface area contributed by atoms with Gasteiger partial charge in [0.15, 0.2) is 0 Å². The topological polar surface area (TPSA) is 65.1 Å². The van der Waals surface area contributed by atoms with E-state index in [9.17, 15) is 9.59 Å². The van der Waals surface area contributed by atoms with E-state index < -0.39 is 12.1 Å². The monoisotopic (exact) mass is 333 g/mol. The van der Waals surface area contributed by atoms with Gasteiger partial charge in [0.05, 0.1) is 27.4 Å². The number of methoxy groups -OCH3 is 3. The Bertz CT molecular complexity index is 644. The third-order valence-electron chi connectivity index (χ3n) is 5.16. The molecule has 0 aromatic heterocycles. The summed E-state index contributed by atoms with van der Waals surface area (Å²) in [5.41, 5.74) is 2.25. The van der Waals surface area contributed by atoms with Crippen LogP contribution in [-0.2, 0) is 20.7 Å². The van der Waals surface area contributed by atoms with Crippen molar-refractivity contribution in [1.29, 1.82) is 0 Å². The van der Waals surface area contributed by atoms with Crippen LogP contribution in [0.4, 0.5) is 4.79 Å². The number of fused-ring (bicyclic) bond motifs is 3. The van der Waals surface area contributed by atoms with Crippen LogP contribution in [0, 0.1) is 5.92 Å². The Balaban J connectivity index is 2.06. The zero-order valence-electron chi connectivity index (χ0n) is 14.3. The number of hydrogen-bond acceptors (Lipinski definition) is 5. The largest absolute Gasteiger partial charge is 0.497 e. The first kappa shape index (κ1) is 16.6. The van der Waals surface area contributed by atoms with Crippen molar-refractivity contribution >= 4 is 12.1 Å². The van der Waals surface area contributed by atoms with Gasteiger partial charge in [0.1, 0.15) is 11.8 Å². The maximum Gasteiger partial charge on any atom is 0.410 e. The smallest absolute Gasteiger partial charge is 0.410 e. The highest BCUT2D eigenvalue weighted by Crippen LogP contribution is 2.47. The van der Waals surface area contributed by atoms with E-state index >= 15 is 0 Å². The number of benzene rings is 1. The van der Waals surface area contributed by atoms with Crippen molar-refractivity contribution in [2.75, 3.05) is 21.3 Å². The van der Waals surface area contributed by atoms with Gasteiger partial charge >= 0.3 is 12.1 Å². The Morgan fingerprint density at radius 1 is 1.17 bits per heavy atom.